The summed E-state index contributed by atoms with van der Waals surface area (Å²) in [5.74, 6) is -0.930. The fraction of sp³-hybridized carbons (Fsp3) is 0.364. The van der Waals surface area contributed by atoms with Gasteiger partial charge in [-0.1, -0.05) is 73.4 Å². The molecule has 0 spiro atoms. The van der Waals surface area contributed by atoms with Gasteiger partial charge < -0.3 is 45.3 Å². The van der Waals surface area contributed by atoms with Crippen molar-refractivity contribution >= 4 is 83.5 Å². The van der Waals surface area contributed by atoms with Gasteiger partial charge in [0.2, 0.25) is 0 Å². The lowest BCUT2D eigenvalue weighted by Gasteiger charge is -2.17. The fourth-order valence-corrected chi connectivity index (χ4v) is 8.12. The second-order valence-electron chi connectivity index (χ2n) is 16.3. The molecule has 0 saturated carbocycles. The first-order chi connectivity index (χ1) is 27.5. The number of primary amides is 2. The first kappa shape index (κ1) is 46.1. The Balaban J connectivity index is 0.000000262. The van der Waals surface area contributed by atoms with Crippen LogP contribution >= 0.6 is 15.9 Å². The molecule has 0 atom stereocenters. The Morgan fingerprint density at radius 1 is 0.690 bits per heavy atom. The highest BCUT2D eigenvalue weighted by Crippen LogP contribution is 2.35. The molecule has 5 rings (SSSR count). The number of rotatable bonds is 19. The predicted molar refractivity (Wildman–Crippen MR) is 248 cm³/mol. The summed E-state index contributed by atoms with van der Waals surface area (Å²) >= 11 is 3.56. The van der Waals surface area contributed by atoms with Crippen molar-refractivity contribution in [2.45, 2.75) is 78.7 Å². The number of carbonyl (C=O) groups is 2. The summed E-state index contributed by atoms with van der Waals surface area (Å²) < 4.78 is 27.6. The van der Waals surface area contributed by atoms with Crippen LogP contribution < -0.4 is 17.2 Å². The number of nitrogens with two attached hydrogens (primary N) is 3. The first-order valence-corrected chi connectivity index (χ1v) is 27.8. The summed E-state index contributed by atoms with van der Waals surface area (Å²) in [6.45, 7) is 21.0. The molecule has 0 bridgehead atoms. The van der Waals surface area contributed by atoms with E-state index in [1.165, 1.54) is 0 Å². The molecule has 5 aromatic rings. The van der Waals surface area contributed by atoms with E-state index in [0.29, 0.717) is 56.7 Å². The van der Waals surface area contributed by atoms with E-state index in [1.54, 1.807) is 24.7 Å². The molecule has 0 aliphatic heterocycles. The molecule has 6 N–H and O–H groups in total. The number of anilines is 1. The number of amides is 2. The third-order valence-corrected chi connectivity index (χ3v) is 13.4. The maximum Gasteiger partial charge on any atom is 0.250 e. The van der Waals surface area contributed by atoms with Crippen LogP contribution in [0.1, 0.15) is 46.0 Å². The average Bonchev–Trinajstić information content (AvgIpc) is 3.70. The number of aromatic nitrogens is 2. The Bertz CT molecular complexity index is 2250. The van der Waals surface area contributed by atoms with Crippen LogP contribution in [0.15, 0.2) is 77.7 Å². The number of nitrogen functional groups attached to an aromatic ring is 1. The summed E-state index contributed by atoms with van der Waals surface area (Å²) in [4.78, 5) is 24.2. The summed E-state index contributed by atoms with van der Waals surface area (Å²) in [6, 6.07) is 21.2. The van der Waals surface area contributed by atoms with Crippen LogP contribution in [-0.4, -0.2) is 63.5 Å². The Morgan fingerprint density at radius 3 is 1.64 bits per heavy atom. The lowest BCUT2D eigenvalue weighted by Crippen LogP contribution is -2.22. The maximum absolute atomic E-state index is 12.3. The lowest BCUT2D eigenvalue weighted by molar-refractivity contribution is 0.0892. The summed E-state index contributed by atoms with van der Waals surface area (Å²) in [6.07, 6.45) is 7.09. The molecule has 0 saturated heterocycles. The Labute approximate surface area is 353 Å². The van der Waals surface area contributed by atoms with Crippen molar-refractivity contribution in [1.29, 1.82) is 0 Å². The van der Waals surface area contributed by atoms with Crippen LogP contribution in [0.4, 0.5) is 5.69 Å². The minimum Gasteiger partial charge on any atom is -0.501 e. The van der Waals surface area contributed by atoms with Gasteiger partial charge in [-0.2, -0.15) is 0 Å². The Morgan fingerprint density at radius 2 is 1.17 bits per heavy atom. The third kappa shape index (κ3) is 12.7. The van der Waals surface area contributed by atoms with Crippen molar-refractivity contribution in [3.63, 3.8) is 0 Å². The van der Waals surface area contributed by atoms with E-state index in [4.69, 9.17) is 36.1 Å². The van der Waals surface area contributed by atoms with E-state index in [1.807, 2.05) is 83.7 Å². The summed E-state index contributed by atoms with van der Waals surface area (Å²) in [5.41, 5.74) is 24.2. The zero-order valence-corrected chi connectivity index (χ0v) is 38.8. The number of hydrogen-bond acceptors (Lipinski definition) is 7. The van der Waals surface area contributed by atoms with Crippen molar-refractivity contribution in [3.05, 3.63) is 100 Å². The standard InChI is InChI=1S/C25H33N3O3Si.C19H27BrN2O3Si/c1-5-30-12-11-20-16-23-21(18-7-6-8-19(26)15-18)9-10-22(25(27)29)24(23)28(20)17-31-13-14-32(2,3)4;1-5-24-9-8-14-12-16-17(20)7-6-15(19(21)23)18(16)22(14)13-25-10-11-26(2,3)4/h6-12,15-16H,5,13-14,17,26H2,1-4H3,(H2,27,29);6-9,12H,5,10-11,13H2,1-4H3,(H2,21,23)/b12-11+;9-8+. The quantitative estimate of drug-likeness (QED) is 0.0322. The number of fused-ring (bicyclic) bond motifs is 2. The summed E-state index contributed by atoms with van der Waals surface area (Å²) in [7, 11) is -2.37. The van der Waals surface area contributed by atoms with Gasteiger partial charge in [-0.05, 0) is 91.7 Å². The number of halogens is 1. The van der Waals surface area contributed by atoms with Gasteiger partial charge in [0.25, 0.3) is 11.8 Å². The fourth-order valence-electron chi connectivity index (χ4n) is 6.17. The highest BCUT2D eigenvalue weighted by molar-refractivity contribution is 9.10. The molecule has 11 nitrogen and oxygen atoms in total. The molecular weight excluding hydrogens is 831 g/mol. The van der Waals surface area contributed by atoms with Crippen LogP contribution in [0.25, 0.3) is 45.1 Å². The van der Waals surface area contributed by atoms with Crippen molar-refractivity contribution in [1.82, 2.24) is 9.13 Å². The Kier molecular flexibility index (Phi) is 16.6. The largest absolute Gasteiger partial charge is 0.501 e. The van der Waals surface area contributed by atoms with Crippen molar-refractivity contribution < 1.29 is 28.5 Å². The van der Waals surface area contributed by atoms with Gasteiger partial charge in [0.05, 0.1) is 47.9 Å². The van der Waals surface area contributed by atoms with E-state index in [-0.39, 0.29) is 0 Å². The van der Waals surface area contributed by atoms with Gasteiger partial charge in [0.15, 0.2) is 0 Å². The van der Waals surface area contributed by atoms with Crippen molar-refractivity contribution in [3.8, 4) is 11.1 Å². The van der Waals surface area contributed by atoms with Crippen molar-refractivity contribution in [2.75, 3.05) is 32.2 Å². The van der Waals surface area contributed by atoms with Crippen molar-refractivity contribution in [2.24, 2.45) is 11.5 Å². The molecule has 0 aliphatic carbocycles. The van der Waals surface area contributed by atoms with Crippen LogP contribution in [0.5, 0.6) is 0 Å². The topological polar surface area (TPSA) is 159 Å². The molecule has 58 heavy (non-hydrogen) atoms. The molecule has 2 amide bonds. The Hall–Kier alpha value is -4.61. The van der Waals surface area contributed by atoms with E-state index in [9.17, 15) is 9.59 Å². The van der Waals surface area contributed by atoms with E-state index < -0.39 is 28.0 Å². The van der Waals surface area contributed by atoms with E-state index in [2.05, 4.69) is 55.2 Å². The minimum absolute atomic E-state index is 0.320. The lowest BCUT2D eigenvalue weighted by atomic mass is 9.98. The second kappa shape index (κ2) is 20.9. The van der Waals surface area contributed by atoms with Gasteiger partial charge in [-0.25, -0.2) is 0 Å². The van der Waals surface area contributed by atoms with Gasteiger partial charge in [-0.3, -0.25) is 9.59 Å². The number of hydrogen-bond donors (Lipinski definition) is 3. The first-order valence-electron chi connectivity index (χ1n) is 19.6. The molecule has 0 radical (unpaired) electrons. The number of nitrogens with zero attached hydrogens (tertiary/aromatic N) is 2. The zero-order chi connectivity index (χ0) is 42.6. The van der Waals surface area contributed by atoms with Gasteiger partial charge in [0.1, 0.15) is 13.5 Å². The van der Waals surface area contributed by atoms with E-state index in [0.717, 1.165) is 60.9 Å². The number of benzene rings is 3. The highest BCUT2D eigenvalue weighted by Gasteiger charge is 2.20. The molecule has 0 fully saturated rings. The number of carbonyl (C=O) groups excluding carboxylic acids is 2. The second-order valence-corrected chi connectivity index (χ2v) is 28.4. The molecule has 3 aromatic carbocycles. The SMILES string of the molecule is CCO/C=C/c1cc2c(-c3cccc(N)c3)ccc(C(N)=O)c2n1COCC[Si](C)(C)C.CCO/C=C/c1cc2c(Br)ccc(C(N)=O)c2n1COCC[Si](C)(C)C. The predicted octanol–water partition coefficient (Wildman–Crippen LogP) is 10.1. The third-order valence-electron chi connectivity index (χ3n) is 9.29. The van der Waals surface area contributed by atoms with E-state index >= 15 is 0 Å². The maximum atomic E-state index is 12.3. The molecule has 0 unspecified atom stereocenters. The monoisotopic (exact) mass is 889 g/mol. The van der Waals surface area contributed by atoms with Crippen LogP contribution in [0.2, 0.25) is 51.4 Å². The molecule has 2 heterocycles. The average molecular weight is 891 g/mol. The van der Waals surface area contributed by atoms with Gasteiger partial charge in [0, 0.05) is 61.7 Å². The van der Waals surface area contributed by atoms with Gasteiger partial charge in [-0.15, -0.1) is 0 Å². The molecule has 14 heteroatoms. The normalized spacial score (nSPS) is 12.1. The zero-order valence-electron chi connectivity index (χ0n) is 35.2. The van der Waals surface area contributed by atoms with Gasteiger partial charge >= 0.3 is 0 Å². The smallest absolute Gasteiger partial charge is 0.250 e. The van der Waals surface area contributed by atoms with Crippen LogP contribution in [0.3, 0.4) is 0 Å². The molecule has 312 valence electrons. The number of ether oxygens (including phenoxy) is 4. The molecule has 2 aromatic heterocycles. The van der Waals surface area contributed by atoms with Crippen LogP contribution in [-0.2, 0) is 32.4 Å². The highest BCUT2D eigenvalue weighted by atomic mass is 79.9. The van der Waals surface area contributed by atoms with Crippen LogP contribution in [0, 0.1) is 0 Å². The molecule has 0 aliphatic rings. The minimum atomic E-state index is -1.21. The summed E-state index contributed by atoms with van der Waals surface area (Å²) in [5, 5.41) is 1.84. The molecular formula is C44H60BrN5O6Si2.